The van der Waals surface area contributed by atoms with Crippen LogP contribution in [-0.2, 0) is 6.42 Å². The van der Waals surface area contributed by atoms with Gasteiger partial charge in [0.05, 0.1) is 0 Å². The van der Waals surface area contributed by atoms with Gasteiger partial charge in [-0.1, -0.05) is 30.3 Å². The Balaban J connectivity index is 1.37. The Morgan fingerprint density at radius 1 is 0.893 bits per heavy atom. The first-order valence-electron chi connectivity index (χ1n) is 9.19. The minimum atomic E-state index is -0.217. The number of aromatic nitrogens is 1. The summed E-state index contributed by atoms with van der Waals surface area (Å²) in [6.07, 6.45) is 0.954. The highest BCUT2D eigenvalue weighted by atomic mass is 16.7. The number of carbonyl (C=O) groups is 2. The lowest BCUT2D eigenvalue weighted by Crippen LogP contribution is -2.23. The molecule has 0 spiro atoms. The molecule has 6 nitrogen and oxygen atoms in total. The van der Waals surface area contributed by atoms with Crippen molar-refractivity contribution in [3.05, 3.63) is 71.0 Å². The number of nitrogens with one attached hydrogen (secondary N) is 2. The summed E-state index contributed by atoms with van der Waals surface area (Å²) in [6.45, 7) is 0.648. The van der Waals surface area contributed by atoms with Crippen LogP contribution in [0.4, 0.5) is 0 Å². The Kier molecular flexibility index (Phi) is 3.90. The van der Waals surface area contributed by atoms with Crippen molar-refractivity contribution in [2.75, 3.05) is 13.3 Å². The van der Waals surface area contributed by atoms with Crippen LogP contribution in [0.5, 0.6) is 11.5 Å². The zero-order valence-corrected chi connectivity index (χ0v) is 15.1. The highest BCUT2D eigenvalue weighted by Crippen LogP contribution is 2.36. The van der Waals surface area contributed by atoms with Gasteiger partial charge in [-0.05, 0) is 34.9 Å². The van der Waals surface area contributed by atoms with E-state index in [0.29, 0.717) is 30.6 Å². The van der Waals surface area contributed by atoms with Crippen molar-refractivity contribution in [3.63, 3.8) is 0 Å². The number of amides is 1. The maximum atomic E-state index is 12.2. The molecular weight excluding hydrogens is 356 g/mol. The molecule has 0 aliphatic carbocycles. The molecule has 5 rings (SSSR count). The predicted molar refractivity (Wildman–Crippen MR) is 103 cm³/mol. The van der Waals surface area contributed by atoms with Crippen LogP contribution in [0.15, 0.2) is 48.5 Å². The van der Waals surface area contributed by atoms with E-state index in [4.69, 9.17) is 9.47 Å². The van der Waals surface area contributed by atoms with Crippen LogP contribution < -0.4 is 14.8 Å². The van der Waals surface area contributed by atoms with E-state index in [1.54, 1.807) is 6.07 Å². The summed E-state index contributed by atoms with van der Waals surface area (Å²) in [5, 5.41) is 2.74. The smallest absolute Gasteiger partial charge is 0.268 e. The van der Waals surface area contributed by atoms with Crippen LogP contribution in [0.2, 0.25) is 0 Å². The predicted octanol–water partition coefficient (Wildman–Crippen LogP) is 3.32. The third-order valence-corrected chi connectivity index (χ3v) is 5.09. The summed E-state index contributed by atoms with van der Waals surface area (Å²) in [4.78, 5) is 27.4. The summed E-state index contributed by atoms with van der Waals surface area (Å²) >= 11 is 0. The molecule has 3 heterocycles. The normalized spacial score (nSPS) is 15.1. The molecule has 2 aromatic carbocycles. The molecule has 0 radical (unpaired) electrons. The van der Waals surface area contributed by atoms with Crippen LogP contribution in [0.25, 0.3) is 11.1 Å². The fourth-order valence-electron chi connectivity index (χ4n) is 3.63. The summed E-state index contributed by atoms with van der Waals surface area (Å²) in [5.41, 5.74) is 4.94. The summed E-state index contributed by atoms with van der Waals surface area (Å²) in [7, 11) is 0. The van der Waals surface area contributed by atoms with Crippen molar-refractivity contribution in [2.24, 2.45) is 0 Å². The Bertz CT molecular complexity index is 1050. The lowest BCUT2D eigenvalue weighted by atomic mass is 10.0. The van der Waals surface area contributed by atoms with Gasteiger partial charge in [0, 0.05) is 30.6 Å². The molecule has 3 aromatic rings. The number of carbonyl (C=O) groups excluding carboxylic acids is 2. The average Bonchev–Trinajstić information content (AvgIpc) is 3.32. The second-order valence-corrected chi connectivity index (χ2v) is 6.95. The van der Waals surface area contributed by atoms with Crippen molar-refractivity contribution in [1.82, 2.24) is 10.3 Å². The molecule has 1 aromatic heterocycles. The Morgan fingerprint density at radius 2 is 1.68 bits per heavy atom. The first-order chi connectivity index (χ1) is 13.7. The second-order valence-electron chi connectivity index (χ2n) is 6.95. The van der Waals surface area contributed by atoms with Gasteiger partial charge in [-0.3, -0.25) is 9.59 Å². The van der Waals surface area contributed by atoms with Gasteiger partial charge < -0.3 is 19.8 Å². The molecule has 2 aliphatic rings. The van der Waals surface area contributed by atoms with Crippen molar-refractivity contribution in [3.8, 4) is 22.6 Å². The SMILES string of the molecule is O=C1CCNC(=O)c2[nH]c(Cc3ccc(-c4ccc5c(c4)OCO5)cc3)cc21. The highest BCUT2D eigenvalue weighted by Gasteiger charge is 2.23. The first kappa shape index (κ1) is 16.6. The molecule has 2 aliphatic heterocycles. The fourth-order valence-corrected chi connectivity index (χ4v) is 3.63. The van der Waals surface area contributed by atoms with E-state index in [2.05, 4.69) is 22.4 Å². The molecule has 1 amide bonds. The van der Waals surface area contributed by atoms with Gasteiger partial charge in [-0.25, -0.2) is 0 Å². The lowest BCUT2D eigenvalue weighted by Gasteiger charge is -2.05. The van der Waals surface area contributed by atoms with Gasteiger partial charge in [0.2, 0.25) is 6.79 Å². The monoisotopic (exact) mass is 374 g/mol. The van der Waals surface area contributed by atoms with Crippen LogP contribution in [0, 0.1) is 0 Å². The Morgan fingerprint density at radius 3 is 2.54 bits per heavy atom. The average molecular weight is 374 g/mol. The van der Waals surface area contributed by atoms with E-state index in [0.717, 1.165) is 33.9 Å². The van der Waals surface area contributed by atoms with Gasteiger partial charge in [-0.2, -0.15) is 0 Å². The molecule has 0 bridgehead atoms. The van der Waals surface area contributed by atoms with Crippen molar-refractivity contribution in [1.29, 1.82) is 0 Å². The van der Waals surface area contributed by atoms with Gasteiger partial charge >= 0.3 is 0 Å². The quantitative estimate of drug-likeness (QED) is 0.737. The molecule has 2 N–H and O–H groups in total. The zero-order chi connectivity index (χ0) is 19.1. The summed E-state index contributed by atoms with van der Waals surface area (Å²) in [6, 6.07) is 15.9. The Labute approximate surface area is 161 Å². The van der Waals surface area contributed by atoms with Crippen LogP contribution in [0.3, 0.4) is 0 Å². The number of H-pyrrole nitrogens is 1. The molecule has 0 atom stereocenters. The van der Waals surface area contributed by atoms with E-state index in [1.165, 1.54) is 0 Å². The van der Waals surface area contributed by atoms with Crippen LogP contribution in [-0.4, -0.2) is 30.0 Å². The number of Topliss-reactive ketones (excluding diaryl/α,β-unsaturated/α-hetero) is 1. The summed E-state index contributed by atoms with van der Waals surface area (Å²) in [5.74, 6) is 1.31. The van der Waals surface area contributed by atoms with Crippen LogP contribution in [0.1, 0.15) is 38.5 Å². The number of hydrogen-bond acceptors (Lipinski definition) is 4. The van der Waals surface area contributed by atoms with Crippen molar-refractivity contribution >= 4 is 11.7 Å². The zero-order valence-electron chi connectivity index (χ0n) is 15.1. The third-order valence-electron chi connectivity index (χ3n) is 5.09. The van der Waals surface area contributed by atoms with E-state index in [-0.39, 0.29) is 18.5 Å². The van der Waals surface area contributed by atoms with Gasteiger partial charge in [0.15, 0.2) is 17.3 Å². The number of rotatable bonds is 3. The first-order valence-corrected chi connectivity index (χ1v) is 9.19. The lowest BCUT2D eigenvalue weighted by molar-refractivity contribution is 0.0951. The molecule has 140 valence electrons. The Hall–Kier alpha value is -3.54. The minimum absolute atomic E-state index is 0.00555. The third kappa shape index (κ3) is 2.93. The van der Waals surface area contributed by atoms with Gasteiger partial charge in [-0.15, -0.1) is 0 Å². The topological polar surface area (TPSA) is 80.4 Å². The van der Waals surface area contributed by atoms with E-state index in [9.17, 15) is 9.59 Å². The van der Waals surface area contributed by atoms with Crippen LogP contribution >= 0.6 is 0 Å². The van der Waals surface area contributed by atoms with Gasteiger partial charge in [0.25, 0.3) is 5.91 Å². The largest absolute Gasteiger partial charge is 0.454 e. The van der Waals surface area contributed by atoms with E-state index in [1.807, 2.05) is 30.3 Å². The maximum absolute atomic E-state index is 12.2. The molecule has 6 heteroatoms. The number of benzene rings is 2. The van der Waals surface area contributed by atoms with Crippen molar-refractivity contribution in [2.45, 2.75) is 12.8 Å². The molecular formula is C22H18N2O4. The standard InChI is InChI=1S/C22H18N2O4/c25-18-7-8-23-22(26)21-17(18)11-16(24-21)9-13-1-3-14(4-2-13)15-5-6-19-20(10-15)28-12-27-19/h1-6,10-11,24H,7-9,12H2,(H,23,26). The van der Waals surface area contributed by atoms with Crippen molar-refractivity contribution < 1.29 is 19.1 Å². The number of aromatic amines is 1. The number of ether oxygens (including phenoxy) is 2. The highest BCUT2D eigenvalue weighted by molar-refractivity contribution is 6.09. The van der Waals surface area contributed by atoms with E-state index >= 15 is 0 Å². The molecule has 28 heavy (non-hydrogen) atoms. The molecule has 0 saturated heterocycles. The fraction of sp³-hybridized carbons (Fsp3) is 0.182. The second kappa shape index (κ2) is 6.56. The number of fused-ring (bicyclic) bond motifs is 2. The molecule has 0 unspecified atom stereocenters. The van der Waals surface area contributed by atoms with Gasteiger partial charge in [0.1, 0.15) is 5.69 Å². The number of ketones is 1. The summed E-state index contributed by atoms with van der Waals surface area (Å²) < 4.78 is 10.8. The maximum Gasteiger partial charge on any atom is 0.268 e. The number of hydrogen-bond donors (Lipinski definition) is 2. The van der Waals surface area contributed by atoms with E-state index < -0.39 is 0 Å². The molecule has 0 saturated carbocycles. The minimum Gasteiger partial charge on any atom is -0.454 e. The molecule has 0 fully saturated rings.